The molecule has 0 bridgehead atoms. The molecule has 9 heteroatoms. The molecule has 0 fully saturated rings. The van der Waals surface area contributed by atoms with Crippen LogP contribution in [0.3, 0.4) is 0 Å². The lowest BCUT2D eigenvalue weighted by atomic mass is 9.99. The minimum Gasteiger partial charge on any atom is -0.465 e. The summed E-state index contributed by atoms with van der Waals surface area (Å²) in [7, 11) is 1.30. The first-order chi connectivity index (χ1) is 17.4. The van der Waals surface area contributed by atoms with Crippen molar-refractivity contribution in [3.05, 3.63) is 95.1 Å². The summed E-state index contributed by atoms with van der Waals surface area (Å²) in [5.41, 5.74) is 9.41. The zero-order chi connectivity index (χ0) is 25.7. The second kappa shape index (κ2) is 10.6. The number of esters is 1. The van der Waals surface area contributed by atoms with Crippen molar-refractivity contribution in [3.8, 4) is 0 Å². The van der Waals surface area contributed by atoms with Gasteiger partial charge in [-0.2, -0.15) is 0 Å². The maximum atomic E-state index is 13.1. The van der Waals surface area contributed by atoms with Crippen LogP contribution in [0.1, 0.15) is 38.3 Å². The second-order valence-corrected chi connectivity index (χ2v) is 8.00. The van der Waals surface area contributed by atoms with Gasteiger partial charge in [0.15, 0.2) is 0 Å². The van der Waals surface area contributed by atoms with E-state index in [1.54, 1.807) is 42.5 Å². The van der Waals surface area contributed by atoms with Gasteiger partial charge in [-0.3, -0.25) is 14.4 Å². The molecule has 5 N–H and O–H groups in total. The minimum absolute atomic E-state index is 0.0596. The van der Waals surface area contributed by atoms with Crippen LogP contribution < -0.4 is 21.7 Å². The number of amides is 3. The summed E-state index contributed by atoms with van der Waals surface area (Å²) in [5.74, 6) is -1.63. The second-order valence-electron chi connectivity index (χ2n) is 8.00. The Hall–Kier alpha value is -4.92. The quantitative estimate of drug-likeness (QED) is 0.286. The van der Waals surface area contributed by atoms with Crippen LogP contribution in [-0.4, -0.2) is 37.3 Å². The van der Waals surface area contributed by atoms with Gasteiger partial charge in [-0.15, -0.1) is 0 Å². The number of fused-ring (bicyclic) bond motifs is 1. The van der Waals surface area contributed by atoms with Crippen LogP contribution in [-0.2, 0) is 14.3 Å². The molecule has 0 saturated heterocycles. The van der Waals surface area contributed by atoms with E-state index in [2.05, 4.69) is 16.0 Å². The molecule has 36 heavy (non-hydrogen) atoms. The Balaban J connectivity index is 1.67. The van der Waals surface area contributed by atoms with Gasteiger partial charge in [0.05, 0.1) is 29.6 Å². The number of nitrogens with one attached hydrogen (secondary N) is 3. The summed E-state index contributed by atoms with van der Waals surface area (Å²) in [6, 6.07) is 21.0. The lowest BCUT2D eigenvalue weighted by Crippen LogP contribution is -2.27. The number of methoxy groups -OCH3 is 1. The number of hydrogen-bond acceptors (Lipinski definition) is 6. The van der Waals surface area contributed by atoms with Crippen molar-refractivity contribution in [3.63, 3.8) is 0 Å². The predicted octanol–water partition coefficient (Wildman–Crippen LogP) is 3.01. The van der Waals surface area contributed by atoms with E-state index in [4.69, 9.17) is 10.5 Å². The molecule has 4 rings (SSSR count). The Morgan fingerprint density at radius 1 is 0.917 bits per heavy atom. The number of nitrogens with two attached hydrogens (primary N) is 1. The maximum Gasteiger partial charge on any atom is 0.337 e. The number of ether oxygens (including phenoxy) is 1. The molecular formula is C27H24N4O5. The number of rotatable bonds is 8. The highest BCUT2D eigenvalue weighted by Crippen LogP contribution is 2.38. The molecule has 0 unspecified atom stereocenters. The smallest absolute Gasteiger partial charge is 0.337 e. The van der Waals surface area contributed by atoms with Crippen molar-refractivity contribution in [2.24, 2.45) is 5.73 Å². The van der Waals surface area contributed by atoms with E-state index in [-0.39, 0.29) is 24.8 Å². The van der Waals surface area contributed by atoms with Crippen LogP contribution in [0.15, 0.2) is 72.8 Å². The van der Waals surface area contributed by atoms with Crippen LogP contribution in [0.25, 0.3) is 11.3 Å². The summed E-state index contributed by atoms with van der Waals surface area (Å²) in [6.45, 7) is 0.157. The number of benzene rings is 3. The number of anilines is 2. The van der Waals surface area contributed by atoms with Crippen LogP contribution in [0.4, 0.5) is 11.4 Å². The molecule has 9 nitrogen and oxygen atoms in total. The topological polar surface area (TPSA) is 140 Å². The van der Waals surface area contributed by atoms with Crippen LogP contribution in [0, 0.1) is 0 Å². The van der Waals surface area contributed by atoms with Crippen molar-refractivity contribution in [2.45, 2.75) is 6.42 Å². The van der Waals surface area contributed by atoms with Gasteiger partial charge < -0.3 is 26.4 Å². The van der Waals surface area contributed by atoms with Gasteiger partial charge in [0.25, 0.3) is 11.8 Å². The molecule has 0 spiro atoms. The third-order valence-corrected chi connectivity index (χ3v) is 5.57. The number of carbonyl (C=O) groups excluding carboxylic acids is 4. The Morgan fingerprint density at radius 3 is 2.28 bits per heavy atom. The van der Waals surface area contributed by atoms with Gasteiger partial charge in [0.2, 0.25) is 5.91 Å². The third kappa shape index (κ3) is 5.25. The van der Waals surface area contributed by atoms with Crippen LogP contribution >= 0.6 is 0 Å². The Labute approximate surface area is 207 Å². The molecule has 0 aromatic heterocycles. The molecule has 1 aliphatic rings. The van der Waals surface area contributed by atoms with E-state index in [9.17, 15) is 19.2 Å². The van der Waals surface area contributed by atoms with Gasteiger partial charge in [-0.05, 0) is 42.0 Å². The fourth-order valence-electron chi connectivity index (χ4n) is 3.80. The minimum atomic E-state index is -0.496. The van der Waals surface area contributed by atoms with Crippen LogP contribution in [0.2, 0.25) is 0 Å². The monoisotopic (exact) mass is 484 g/mol. The Bertz CT molecular complexity index is 1360. The van der Waals surface area contributed by atoms with Crippen LogP contribution in [0.5, 0.6) is 0 Å². The molecule has 1 heterocycles. The van der Waals surface area contributed by atoms with E-state index in [0.717, 1.165) is 5.56 Å². The fraction of sp³-hybridized carbons (Fsp3) is 0.111. The van der Waals surface area contributed by atoms with Crippen molar-refractivity contribution in [1.82, 2.24) is 5.32 Å². The standard InChI is InChI=1S/C27H24N4O5/c1-36-27(35)18-9-12-20-21(15-18)31-26(34)23(20)24(16-5-3-2-4-6-16)30-19-10-7-17(8-11-19)25(33)29-14-13-22(28)32/h2-12,15,30H,13-14H2,1H3,(H2,28,32)(H,29,33)(H,31,34)/b24-23-. The number of carbonyl (C=O) groups is 4. The van der Waals surface area contributed by atoms with Gasteiger partial charge in [-0.25, -0.2) is 4.79 Å². The summed E-state index contributed by atoms with van der Waals surface area (Å²) in [6.07, 6.45) is 0.0596. The molecule has 0 atom stereocenters. The van der Waals surface area contributed by atoms with Gasteiger partial charge in [0.1, 0.15) is 0 Å². The molecule has 1 aliphatic heterocycles. The van der Waals surface area contributed by atoms with E-state index in [1.165, 1.54) is 7.11 Å². The normalized spacial score (nSPS) is 13.3. The third-order valence-electron chi connectivity index (χ3n) is 5.57. The molecule has 0 aliphatic carbocycles. The van der Waals surface area contributed by atoms with Gasteiger partial charge in [0, 0.05) is 29.8 Å². The molecule has 0 saturated carbocycles. The van der Waals surface area contributed by atoms with E-state index < -0.39 is 11.9 Å². The average molecular weight is 485 g/mol. The Morgan fingerprint density at radius 2 is 1.61 bits per heavy atom. The summed E-state index contributed by atoms with van der Waals surface area (Å²) >= 11 is 0. The van der Waals surface area contributed by atoms with E-state index in [1.807, 2.05) is 30.3 Å². The molecule has 3 aromatic carbocycles. The highest BCUT2D eigenvalue weighted by Gasteiger charge is 2.29. The first-order valence-corrected chi connectivity index (χ1v) is 11.1. The predicted molar refractivity (Wildman–Crippen MR) is 136 cm³/mol. The first kappa shape index (κ1) is 24.2. The highest BCUT2D eigenvalue weighted by molar-refractivity contribution is 6.37. The fourth-order valence-corrected chi connectivity index (χ4v) is 3.80. The summed E-state index contributed by atoms with van der Waals surface area (Å²) < 4.78 is 4.78. The van der Waals surface area contributed by atoms with Crippen molar-refractivity contribution < 1.29 is 23.9 Å². The van der Waals surface area contributed by atoms with Crippen molar-refractivity contribution >= 4 is 46.3 Å². The lowest BCUT2D eigenvalue weighted by molar-refractivity contribution is -0.117. The highest BCUT2D eigenvalue weighted by atomic mass is 16.5. The lowest BCUT2D eigenvalue weighted by Gasteiger charge is -2.15. The molecule has 3 aromatic rings. The zero-order valence-electron chi connectivity index (χ0n) is 19.5. The maximum absolute atomic E-state index is 13.1. The summed E-state index contributed by atoms with van der Waals surface area (Å²) in [4.78, 5) is 48.1. The molecule has 182 valence electrons. The largest absolute Gasteiger partial charge is 0.465 e. The molecule has 3 amide bonds. The van der Waals surface area contributed by atoms with Crippen molar-refractivity contribution in [1.29, 1.82) is 0 Å². The molecule has 0 radical (unpaired) electrons. The Kier molecular flexibility index (Phi) is 7.10. The average Bonchev–Trinajstić information content (AvgIpc) is 3.22. The molecular weight excluding hydrogens is 460 g/mol. The first-order valence-electron chi connectivity index (χ1n) is 11.1. The van der Waals surface area contributed by atoms with Crippen molar-refractivity contribution in [2.75, 3.05) is 24.3 Å². The summed E-state index contributed by atoms with van der Waals surface area (Å²) in [5, 5.41) is 8.78. The van der Waals surface area contributed by atoms with Gasteiger partial charge >= 0.3 is 5.97 Å². The SMILES string of the molecule is COC(=O)c1ccc2c(c1)NC(=O)/C2=C(\Nc1ccc(C(=O)NCCC(N)=O)cc1)c1ccccc1. The number of primary amides is 1. The van der Waals surface area contributed by atoms with E-state index in [0.29, 0.717) is 39.3 Å². The number of hydrogen-bond donors (Lipinski definition) is 4. The van der Waals surface area contributed by atoms with Gasteiger partial charge in [-0.1, -0.05) is 36.4 Å². The van der Waals surface area contributed by atoms with E-state index >= 15 is 0 Å². The zero-order valence-corrected chi connectivity index (χ0v) is 19.5.